The van der Waals surface area contributed by atoms with Crippen molar-refractivity contribution in [3.05, 3.63) is 52.5 Å². The fourth-order valence-electron chi connectivity index (χ4n) is 4.29. The molecule has 0 aromatic heterocycles. The van der Waals surface area contributed by atoms with Crippen molar-refractivity contribution in [1.82, 2.24) is 15.2 Å². The number of carbonyl (C=O) groups is 2. The van der Waals surface area contributed by atoms with Gasteiger partial charge in [-0.2, -0.15) is 0 Å². The molecule has 8 heteroatoms. The summed E-state index contributed by atoms with van der Waals surface area (Å²) in [6.07, 6.45) is 1.07. The van der Waals surface area contributed by atoms with Crippen molar-refractivity contribution in [2.75, 3.05) is 38.2 Å². The van der Waals surface area contributed by atoms with E-state index in [1.54, 1.807) is 15.9 Å². The molecular formula is C23H25ClN4O3. The van der Waals surface area contributed by atoms with Crippen molar-refractivity contribution in [2.45, 2.75) is 25.0 Å². The number of fused-ring (bicyclic) bond motifs is 1. The highest BCUT2D eigenvalue weighted by atomic mass is 35.5. The molecule has 0 radical (unpaired) electrons. The van der Waals surface area contributed by atoms with Gasteiger partial charge in [0.25, 0.3) is 11.8 Å². The Bertz CT molecular complexity index is 1060. The van der Waals surface area contributed by atoms with E-state index in [0.29, 0.717) is 49.6 Å². The third-order valence-electron chi connectivity index (χ3n) is 6.46. The molecule has 2 aromatic carbocycles. The van der Waals surface area contributed by atoms with Gasteiger partial charge in [-0.15, -0.1) is 0 Å². The van der Waals surface area contributed by atoms with Gasteiger partial charge < -0.3 is 19.9 Å². The summed E-state index contributed by atoms with van der Waals surface area (Å²) in [5.74, 6) is -0.300. The lowest BCUT2D eigenvalue weighted by atomic mass is 10.0. The van der Waals surface area contributed by atoms with E-state index < -0.39 is 5.60 Å². The van der Waals surface area contributed by atoms with Crippen LogP contribution in [-0.2, 0) is 11.3 Å². The summed E-state index contributed by atoms with van der Waals surface area (Å²) in [6.45, 7) is 2.59. The maximum atomic E-state index is 13.0. The molecule has 1 saturated carbocycles. The second-order valence-electron chi connectivity index (χ2n) is 8.55. The predicted molar refractivity (Wildman–Crippen MR) is 119 cm³/mol. The Morgan fingerprint density at radius 3 is 2.42 bits per heavy atom. The van der Waals surface area contributed by atoms with Crippen LogP contribution in [0, 0.1) is 0 Å². The highest BCUT2D eigenvalue weighted by molar-refractivity contribution is 6.33. The number of hydrogen-bond donors (Lipinski definition) is 2. The van der Waals surface area contributed by atoms with Crippen LogP contribution in [0.1, 0.15) is 28.8 Å². The highest BCUT2D eigenvalue weighted by Crippen LogP contribution is 2.37. The van der Waals surface area contributed by atoms with Crippen LogP contribution in [0.3, 0.4) is 0 Å². The maximum Gasteiger partial charge on any atom is 0.254 e. The molecule has 162 valence electrons. The van der Waals surface area contributed by atoms with Gasteiger partial charge in [-0.3, -0.25) is 9.59 Å². The van der Waals surface area contributed by atoms with E-state index in [1.807, 2.05) is 30.3 Å². The first-order valence-corrected chi connectivity index (χ1v) is 10.9. The predicted octanol–water partition coefficient (Wildman–Crippen LogP) is 2.27. The van der Waals surface area contributed by atoms with E-state index in [2.05, 4.69) is 17.6 Å². The Kier molecular flexibility index (Phi) is 4.92. The zero-order valence-electron chi connectivity index (χ0n) is 17.4. The first-order valence-electron chi connectivity index (χ1n) is 10.6. The van der Waals surface area contributed by atoms with Crippen molar-refractivity contribution in [1.29, 1.82) is 0 Å². The van der Waals surface area contributed by atoms with Gasteiger partial charge in [0.2, 0.25) is 0 Å². The second-order valence-corrected chi connectivity index (χ2v) is 8.96. The zero-order valence-corrected chi connectivity index (χ0v) is 18.2. The highest BCUT2D eigenvalue weighted by Gasteiger charge is 2.50. The fraction of sp³-hybridized carbons (Fsp3) is 0.391. The smallest absolute Gasteiger partial charge is 0.254 e. The Hall–Kier alpha value is -2.61. The Morgan fingerprint density at radius 1 is 1.03 bits per heavy atom. The van der Waals surface area contributed by atoms with E-state index in [1.165, 1.54) is 5.56 Å². The number of piperazine rings is 1. The molecule has 0 bridgehead atoms. The van der Waals surface area contributed by atoms with Crippen LogP contribution in [0.4, 0.5) is 5.69 Å². The lowest BCUT2D eigenvalue weighted by molar-refractivity contribution is -0.143. The van der Waals surface area contributed by atoms with Crippen molar-refractivity contribution in [2.24, 2.45) is 0 Å². The van der Waals surface area contributed by atoms with Crippen LogP contribution in [0.25, 0.3) is 11.1 Å². The van der Waals surface area contributed by atoms with Gasteiger partial charge in [-0.25, -0.2) is 5.43 Å². The van der Waals surface area contributed by atoms with E-state index in [9.17, 15) is 14.7 Å². The number of aliphatic hydroxyl groups is 1. The third kappa shape index (κ3) is 3.67. The molecule has 0 spiro atoms. The van der Waals surface area contributed by atoms with Gasteiger partial charge in [-0.05, 0) is 42.2 Å². The summed E-state index contributed by atoms with van der Waals surface area (Å²) in [7, 11) is 1.98. The van der Waals surface area contributed by atoms with Crippen molar-refractivity contribution in [3.63, 3.8) is 0 Å². The van der Waals surface area contributed by atoms with Crippen molar-refractivity contribution < 1.29 is 14.7 Å². The molecule has 2 amide bonds. The molecule has 31 heavy (non-hydrogen) atoms. The SMILES string of the molecule is CN1NCc2ccc(-c3ccc(C(=O)N4CCN(C(=O)C5(O)CC5)CC4)cc3Cl)cc21. The molecule has 2 aliphatic heterocycles. The fourth-order valence-corrected chi connectivity index (χ4v) is 4.58. The standard InChI is InChI=1S/C23H25ClN4O3/c1-26-20-13-15(2-3-17(20)14-25-26)18-5-4-16(12-19(18)24)21(29)27-8-10-28(11-9-27)22(30)23(31)6-7-23/h2-5,12-13,25,31H,6-11,14H2,1H3. The Balaban J connectivity index is 1.29. The maximum absolute atomic E-state index is 13.0. The minimum Gasteiger partial charge on any atom is -0.380 e. The van der Waals surface area contributed by atoms with Crippen LogP contribution >= 0.6 is 11.6 Å². The van der Waals surface area contributed by atoms with Crippen LogP contribution in [-0.4, -0.2) is 65.5 Å². The Morgan fingerprint density at radius 2 is 1.74 bits per heavy atom. The molecule has 0 unspecified atom stereocenters. The average molecular weight is 441 g/mol. The molecular weight excluding hydrogens is 416 g/mol. The third-order valence-corrected chi connectivity index (χ3v) is 6.77. The first kappa shape index (κ1) is 20.3. The van der Waals surface area contributed by atoms with E-state index in [4.69, 9.17) is 11.6 Å². The van der Waals surface area contributed by atoms with E-state index in [-0.39, 0.29) is 11.8 Å². The molecule has 2 fully saturated rings. The second kappa shape index (κ2) is 7.51. The lowest BCUT2D eigenvalue weighted by Gasteiger charge is -2.35. The number of benzene rings is 2. The lowest BCUT2D eigenvalue weighted by Crippen LogP contribution is -2.53. The molecule has 1 saturated heterocycles. The molecule has 7 nitrogen and oxygen atoms in total. The summed E-state index contributed by atoms with van der Waals surface area (Å²) in [5, 5.41) is 12.6. The Labute approximate surface area is 186 Å². The monoisotopic (exact) mass is 440 g/mol. The molecule has 1 aliphatic carbocycles. The van der Waals surface area contributed by atoms with Crippen molar-refractivity contribution >= 4 is 29.1 Å². The van der Waals surface area contributed by atoms with Crippen LogP contribution < -0.4 is 10.4 Å². The quantitative estimate of drug-likeness (QED) is 0.765. The molecule has 2 N–H and O–H groups in total. The molecule has 0 atom stereocenters. The van der Waals surface area contributed by atoms with Crippen molar-refractivity contribution in [3.8, 4) is 11.1 Å². The number of nitrogens with zero attached hydrogens (tertiary/aromatic N) is 3. The number of nitrogens with one attached hydrogen (secondary N) is 1. The topological polar surface area (TPSA) is 76.1 Å². The molecule has 3 aliphatic rings. The number of amides is 2. The summed E-state index contributed by atoms with van der Waals surface area (Å²) >= 11 is 6.58. The number of carbonyl (C=O) groups excluding carboxylic acids is 2. The summed E-state index contributed by atoms with van der Waals surface area (Å²) < 4.78 is 0. The molecule has 5 rings (SSSR count). The van der Waals surface area contributed by atoms with Gasteiger partial charge in [0.1, 0.15) is 5.60 Å². The molecule has 2 heterocycles. The van der Waals surface area contributed by atoms with Gasteiger partial charge in [0.05, 0.1) is 5.69 Å². The van der Waals surface area contributed by atoms with E-state index >= 15 is 0 Å². The minimum absolute atomic E-state index is 0.0939. The summed E-state index contributed by atoms with van der Waals surface area (Å²) in [4.78, 5) is 28.7. The normalized spacial score (nSPS) is 19.4. The zero-order chi connectivity index (χ0) is 21.8. The number of hydrazine groups is 1. The van der Waals surface area contributed by atoms with Crippen LogP contribution in [0.5, 0.6) is 0 Å². The molecule has 2 aromatic rings. The van der Waals surface area contributed by atoms with E-state index in [0.717, 1.165) is 23.4 Å². The number of anilines is 1. The summed E-state index contributed by atoms with van der Waals surface area (Å²) in [6, 6.07) is 11.7. The van der Waals surface area contributed by atoms with Gasteiger partial charge in [0, 0.05) is 55.9 Å². The summed E-state index contributed by atoms with van der Waals surface area (Å²) in [5.41, 5.74) is 6.90. The van der Waals surface area contributed by atoms with Gasteiger partial charge >= 0.3 is 0 Å². The average Bonchev–Trinajstić information content (AvgIpc) is 3.44. The number of hydrogen-bond acceptors (Lipinski definition) is 5. The van der Waals surface area contributed by atoms with Crippen LogP contribution in [0.15, 0.2) is 36.4 Å². The van der Waals surface area contributed by atoms with Crippen LogP contribution in [0.2, 0.25) is 5.02 Å². The minimum atomic E-state index is -1.15. The number of halogens is 1. The first-order chi connectivity index (χ1) is 14.9. The van der Waals surface area contributed by atoms with Gasteiger partial charge in [0.15, 0.2) is 0 Å². The van der Waals surface area contributed by atoms with Gasteiger partial charge in [-0.1, -0.05) is 29.8 Å². The number of rotatable bonds is 3. The largest absolute Gasteiger partial charge is 0.380 e.